The third-order valence-corrected chi connectivity index (χ3v) is 4.70. The van der Waals surface area contributed by atoms with Gasteiger partial charge in [-0.05, 0) is 24.8 Å². The van der Waals surface area contributed by atoms with E-state index < -0.39 is 0 Å². The summed E-state index contributed by atoms with van der Waals surface area (Å²) in [5.41, 5.74) is 4.02. The fraction of sp³-hybridized carbons (Fsp3) is 0.474. The van der Waals surface area contributed by atoms with Crippen molar-refractivity contribution >= 4 is 5.91 Å². The summed E-state index contributed by atoms with van der Waals surface area (Å²) < 4.78 is 7.11. The van der Waals surface area contributed by atoms with E-state index in [2.05, 4.69) is 27.9 Å². The molecule has 1 unspecified atom stereocenters. The standard InChI is InChI=1S/C19H26N4O2/c1-20-19(24)18-16-12-15(21-10-11-25-2)8-9-17(16)23(22-18)13-14-6-4-3-5-7-14/h3-7,15,21H,8-13H2,1-2H3,(H,20,24). The summed E-state index contributed by atoms with van der Waals surface area (Å²) in [5, 5.41) is 10.9. The highest BCUT2D eigenvalue weighted by Crippen LogP contribution is 2.25. The first-order valence-corrected chi connectivity index (χ1v) is 8.79. The SMILES string of the molecule is CNC(=O)c1nn(Cc2ccccc2)c2c1CC(NCCOC)CC2. The molecule has 1 aromatic heterocycles. The average Bonchev–Trinajstić information content (AvgIpc) is 3.00. The Labute approximate surface area is 148 Å². The van der Waals surface area contributed by atoms with Gasteiger partial charge in [-0.3, -0.25) is 9.48 Å². The summed E-state index contributed by atoms with van der Waals surface area (Å²) in [5.74, 6) is -0.111. The summed E-state index contributed by atoms with van der Waals surface area (Å²) in [4.78, 5) is 12.3. The van der Waals surface area contributed by atoms with Gasteiger partial charge in [0.25, 0.3) is 5.91 Å². The van der Waals surface area contributed by atoms with Crippen molar-refractivity contribution < 1.29 is 9.53 Å². The first kappa shape index (κ1) is 17.6. The van der Waals surface area contributed by atoms with Crippen molar-refractivity contribution in [3.05, 3.63) is 52.8 Å². The molecule has 1 aromatic carbocycles. The molecule has 0 saturated carbocycles. The highest BCUT2D eigenvalue weighted by molar-refractivity contribution is 5.93. The Morgan fingerprint density at radius 1 is 1.36 bits per heavy atom. The monoisotopic (exact) mass is 342 g/mol. The van der Waals surface area contributed by atoms with Crippen LogP contribution in [-0.2, 0) is 24.1 Å². The van der Waals surface area contributed by atoms with Crippen molar-refractivity contribution in [2.45, 2.75) is 31.8 Å². The van der Waals surface area contributed by atoms with E-state index in [-0.39, 0.29) is 5.91 Å². The van der Waals surface area contributed by atoms with Crippen molar-refractivity contribution in [1.82, 2.24) is 20.4 Å². The predicted molar refractivity (Wildman–Crippen MR) is 96.9 cm³/mol. The molecule has 1 aliphatic rings. The van der Waals surface area contributed by atoms with Crippen LogP contribution in [0.25, 0.3) is 0 Å². The number of rotatable bonds is 7. The number of amides is 1. The van der Waals surface area contributed by atoms with Gasteiger partial charge in [0.05, 0.1) is 13.2 Å². The molecular formula is C19H26N4O2. The van der Waals surface area contributed by atoms with Gasteiger partial charge in [-0.15, -0.1) is 0 Å². The van der Waals surface area contributed by atoms with Crippen molar-refractivity contribution in [2.24, 2.45) is 0 Å². The van der Waals surface area contributed by atoms with Crippen LogP contribution in [0.3, 0.4) is 0 Å². The number of carbonyl (C=O) groups is 1. The van der Waals surface area contributed by atoms with Gasteiger partial charge in [-0.25, -0.2) is 0 Å². The first-order chi connectivity index (χ1) is 12.2. The summed E-state index contributed by atoms with van der Waals surface area (Å²) >= 11 is 0. The Kier molecular flexibility index (Phi) is 5.83. The lowest BCUT2D eigenvalue weighted by molar-refractivity contribution is 0.0956. The van der Waals surface area contributed by atoms with E-state index in [4.69, 9.17) is 4.74 Å². The van der Waals surface area contributed by atoms with E-state index in [0.717, 1.165) is 31.4 Å². The molecule has 2 aromatic rings. The quantitative estimate of drug-likeness (QED) is 0.746. The van der Waals surface area contributed by atoms with Gasteiger partial charge in [0, 0.05) is 38.0 Å². The molecule has 1 heterocycles. The lowest BCUT2D eigenvalue weighted by atomic mass is 9.91. The largest absolute Gasteiger partial charge is 0.383 e. The molecule has 1 aliphatic carbocycles. The van der Waals surface area contributed by atoms with Gasteiger partial charge in [0.2, 0.25) is 0 Å². The van der Waals surface area contributed by atoms with Gasteiger partial charge in [-0.1, -0.05) is 30.3 Å². The van der Waals surface area contributed by atoms with Gasteiger partial charge in [-0.2, -0.15) is 5.10 Å². The Morgan fingerprint density at radius 2 is 2.16 bits per heavy atom. The predicted octanol–water partition coefficient (Wildman–Crippen LogP) is 1.38. The Bertz CT molecular complexity index is 712. The van der Waals surface area contributed by atoms with E-state index in [9.17, 15) is 4.79 Å². The van der Waals surface area contributed by atoms with Gasteiger partial charge in [0.15, 0.2) is 5.69 Å². The first-order valence-electron chi connectivity index (χ1n) is 8.79. The second-order valence-corrected chi connectivity index (χ2v) is 6.38. The molecule has 6 heteroatoms. The Morgan fingerprint density at radius 3 is 2.88 bits per heavy atom. The second kappa shape index (κ2) is 8.27. The molecule has 3 rings (SSSR count). The number of methoxy groups -OCH3 is 1. The zero-order valence-corrected chi connectivity index (χ0v) is 14.9. The molecule has 2 N–H and O–H groups in total. The maximum Gasteiger partial charge on any atom is 0.271 e. The molecule has 25 heavy (non-hydrogen) atoms. The van der Waals surface area contributed by atoms with E-state index in [1.54, 1.807) is 14.2 Å². The van der Waals surface area contributed by atoms with E-state index >= 15 is 0 Å². The second-order valence-electron chi connectivity index (χ2n) is 6.38. The van der Waals surface area contributed by atoms with Crippen molar-refractivity contribution in [3.63, 3.8) is 0 Å². The van der Waals surface area contributed by atoms with Crippen LogP contribution in [0, 0.1) is 0 Å². The Hall–Kier alpha value is -2.18. The molecule has 134 valence electrons. The van der Waals surface area contributed by atoms with Crippen LogP contribution in [0.1, 0.15) is 33.7 Å². The zero-order valence-electron chi connectivity index (χ0n) is 14.9. The number of hydrogen-bond donors (Lipinski definition) is 2. The molecular weight excluding hydrogens is 316 g/mol. The summed E-state index contributed by atoms with van der Waals surface area (Å²) in [7, 11) is 3.36. The molecule has 1 amide bonds. The normalized spacial score (nSPS) is 16.5. The van der Waals surface area contributed by atoms with E-state index in [1.807, 2.05) is 22.9 Å². The maximum absolute atomic E-state index is 12.3. The number of benzene rings is 1. The number of hydrogen-bond acceptors (Lipinski definition) is 4. The molecule has 6 nitrogen and oxygen atoms in total. The van der Waals surface area contributed by atoms with Crippen LogP contribution in [0.4, 0.5) is 0 Å². The van der Waals surface area contributed by atoms with Crippen molar-refractivity contribution in [1.29, 1.82) is 0 Å². The molecule has 0 spiro atoms. The van der Waals surface area contributed by atoms with E-state index in [0.29, 0.717) is 24.9 Å². The minimum absolute atomic E-state index is 0.111. The highest BCUT2D eigenvalue weighted by Gasteiger charge is 2.28. The topological polar surface area (TPSA) is 68.2 Å². The summed E-state index contributed by atoms with van der Waals surface area (Å²) in [6, 6.07) is 10.6. The molecule has 0 bridgehead atoms. The lowest BCUT2D eigenvalue weighted by Gasteiger charge is -2.24. The molecule has 0 aliphatic heterocycles. The third kappa shape index (κ3) is 4.08. The van der Waals surface area contributed by atoms with Crippen LogP contribution in [-0.4, -0.2) is 49.0 Å². The molecule has 0 fully saturated rings. The summed E-state index contributed by atoms with van der Waals surface area (Å²) in [6.07, 6.45) is 2.80. The van der Waals surface area contributed by atoms with Crippen LogP contribution < -0.4 is 10.6 Å². The highest BCUT2D eigenvalue weighted by atomic mass is 16.5. The number of aromatic nitrogens is 2. The maximum atomic E-state index is 12.3. The fourth-order valence-electron chi connectivity index (χ4n) is 3.42. The van der Waals surface area contributed by atoms with Crippen molar-refractivity contribution in [3.8, 4) is 0 Å². The van der Waals surface area contributed by atoms with E-state index in [1.165, 1.54) is 11.3 Å². The van der Waals surface area contributed by atoms with Crippen LogP contribution in [0.2, 0.25) is 0 Å². The zero-order chi connectivity index (χ0) is 17.6. The number of nitrogens with one attached hydrogen (secondary N) is 2. The fourth-order valence-corrected chi connectivity index (χ4v) is 3.42. The Balaban J connectivity index is 1.84. The smallest absolute Gasteiger partial charge is 0.271 e. The molecule has 0 radical (unpaired) electrons. The van der Waals surface area contributed by atoms with Crippen LogP contribution in [0.15, 0.2) is 30.3 Å². The lowest BCUT2D eigenvalue weighted by Crippen LogP contribution is -2.37. The van der Waals surface area contributed by atoms with Gasteiger partial charge >= 0.3 is 0 Å². The van der Waals surface area contributed by atoms with Crippen LogP contribution in [0.5, 0.6) is 0 Å². The minimum Gasteiger partial charge on any atom is -0.383 e. The molecule has 1 atom stereocenters. The van der Waals surface area contributed by atoms with Gasteiger partial charge in [0.1, 0.15) is 0 Å². The van der Waals surface area contributed by atoms with Gasteiger partial charge < -0.3 is 15.4 Å². The number of ether oxygens (including phenoxy) is 1. The average molecular weight is 342 g/mol. The number of nitrogens with zero attached hydrogens (tertiary/aromatic N) is 2. The van der Waals surface area contributed by atoms with Crippen LogP contribution >= 0.6 is 0 Å². The number of carbonyl (C=O) groups excluding carboxylic acids is 1. The third-order valence-electron chi connectivity index (χ3n) is 4.70. The minimum atomic E-state index is -0.111. The van der Waals surface area contributed by atoms with Crippen molar-refractivity contribution in [2.75, 3.05) is 27.3 Å². The number of fused-ring (bicyclic) bond motifs is 1. The molecule has 0 saturated heterocycles. The summed E-state index contributed by atoms with van der Waals surface area (Å²) in [6.45, 7) is 2.21.